The first kappa shape index (κ1) is 21.7. The second kappa shape index (κ2) is 10.1. The lowest BCUT2D eigenvalue weighted by Gasteiger charge is -2.10. The fraction of sp³-hybridized carbons (Fsp3) is 0.227. The third-order valence-electron chi connectivity index (χ3n) is 4.29. The second-order valence-corrected chi connectivity index (χ2v) is 6.50. The molecule has 3 N–H and O–H groups in total. The minimum atomic E-state index is -0.500. The number of nitrogens with one attached hydrogen (secondary N) is 2. The standard InChI is InChI=1S/C22H23N3O6/c1-3-5-15-8-14(9-19(21(15)27)29-4-2)11-24-25-20(26)12-23-22(28)16-6-7-17-18(10-16)31-13-30-17/h3,6-11,27H,1,4-5,12-13H2,2H3,(H,23,28)(H,25,26)/b24-11+. The highest BCUT2D eigenvalue weighted by Gasteiger charge is 2.16. The molecule has 2 amide bonds. The van der Waals surface area contributed by atoms with Crippen LogP contribution in [0, 0.1) is 0 Å². The number of aromatic hydroxyl groups is 1. The molecule has 9 heteroatoms. The van der Waals surface area contributed by atoms with Crippen molar-refractivity contribution in [2.45, 2.75) is 13.3 Å². The second-order valence-electron chi connectivity index (χ2n) is 6.50. The van der Waals surface area contributed by atoms with Crippen molar-refractivity contribution < 1.29 is 28.9 Å². The number of hydrazone groups is 1. The number of ether oxygens (including phenoxy) is 3. The van der Waals surface area contributed by atoms with Gasteiger partial charge in [0.05, 0.1) is 19.4 Å². The summed E-state index contributed by atoms with van der Waals surface area (Å²) < 4.78 is 15.9. The highest BCUT2D eigenvalue weighted by molar-refractivity contribution is 5.97. The van der Waals surface area contributed by atoms with Crippen molar-refractivity contribution in [2.75, 3.05) is 19.9 Å². The van der Waals surface area contributed by atoms with Crippen LogP contribution in [-0.4, -0.2) is 43.1 Å². The van der Waals surface area contributed by atoms with Crippen LogP contribution in [0.15, 0.2) is 48.1 Å². The van der Waals surface area contributed by atoms with E-state index < -0.39 is 11.8 Å². The van der Waals surface area contributed by atoms with E-state index >= 15 is 0 Å². The molecular formula is C22H23N3O6. The number of hydrogen-bond donors (Lipinski definition) is 3. The molecule has 1 heterocycles. The maximum atomic E-state index is 12.2. The number of amides is 2. The largest absolute Gasteiger partial charge is 0.504 e. The van der Waals surface area contributed by atoms with Crippen molar-refractivity contribution in [3.63, 3.8) is 0 Å². The first-order valence-corrected chi connectivity index (χ1v) is 9.61. The molecule has 0 saturated heterocycles. The number of hydrogen-bond acceptors (Lipinski definition) is 7. The minimum Gasteiger partial charge on any atom is -0.504 e. The van der Waals surface area contributed by atoms with Crippen LogP contribution >= 0.6 is 0 Å². The van der Waals surface area contributed by atoms with Gasteiger partial charge in [-0.2, -0.15) is 5.10 Å². The van der Waals surface area contributed by atoms with Crippen LogP contribution in [0.4, 0.5) is 0 Å². The van der Waals surface area contributed by atoms with Crippen LogP contribution in [0.3, 0.4) is 0 Å². The van der Waals surface area contributed by atoms with Gasteiger partial charge in [0, 0.05) is 11.1 Å². The zero-order chi connectivity index (χ0) is 22.2. The van der Waals surface area contributed by atoms with Crippen molar-refractivity contribution in [3.8, 4) is 23.0 Å². The molecule has 162 valence electrons. The van der Waals surface area contributed by atoms with E-state index in [2.05, 4.69) is 22.4 Å². The van der Waals surface area contributed by atoms with E-state index in [1.54, 1.807) is 36.4 Å². The Labute approximate surface area is 179 Å². The van der Waals surface area contributed by atoms with Gasteiger partial charge >= 0.3 is 0 Å². The molecule has 0 fully saturated rings. The summed E-state index contributed by atoms with van der Waals surface area (Å²) in [7, 11) is 0. The lowest BCUT2D eigenvalue weighted by Crippen LogP contribution is -2.34. The van der Waals surface area contributed by atoms with Crippen molar-refractivity contribution in [1.29, 1.82) is 0 Å². The van der Waals surface area contributed by atoms with Crippen molar-refractivity contribution in [1.82, 2.24) is 10.7 Å². The molecule has 9 nitrogen and oxygen atoms in total. The van der Waals surface area contributed by atoms with Gasteiger partial charge in [-0.25, -0.2) is 5.43 Å². The van der Waals surface area contributed by atoms with E-state index in [0.717, 1.165) is 0 Å². The van der Waals surface area contributed by atoms with Gasteiger partial charge in [0.15, 0.2) is 23.0 Å². The molecule has 0 bridgehead atoms. The normalized spacial score (nSPS) is 11.9. The molecule has 0 aliphatic carbocycles. The number of phenolic OH excluding ortho intramolecular Hbond substituents is 1. The van der Waals surface area contributed by atoms with E-state index in [1.165, 1.54) is 6.21 Å². The van der Waals surface area contributed by atoms with Gasteiger partial charge in [-0.05, 0) is 49.2 Å². The summed E-state index contributed by atoms with van der Waals surface area (Å²) in [6, 6.07) is 8.10. The van der Waals surface area contributed by atoms with E-state index in [0.29, 0.717) is 47.0 Å². The van der Waals surface area contributed by atoms with Crippen LogP contribution < -0.4 is 25.0 Å². The van der Waals surface area contributed by atoms with Crippen LogP contribution in [0.2, 0.25) is 0 Å². The number of phenols is 1. The Morgan fingerprint density at radius 3 is 2.84 bits per heavy atom. The molecule has 1 aliphatic heterocycles. The Morgan fingerprint density at radius 1 is 1.26 bits per heavy atom. The van der Waals surface area contributed by atoms with E-state index in [-0.39, 0.29) is 19.1 Å². The highest BCUT2D eigenvalue weighted by Crippen LogP contribution is 2.33. The summed E-state index contributed by atoms with van der Waals surface area (Å²) in [4.78, 5) is 24.2. The van der Waals surface area contributed by atoms with Gasteiger partial charge in [0.25, 0.3) is 11.8 Å². The Kier molecular flexibility index (Phi) is 7.10. The zero-order valence-electron chi connectivity index (χ0n) is 17.0. The molecule has 0 unspecified atom stereocenters. The van der Waals surface area contributed by atoms with Gasteiger partial charge in [-0.3, -0.25) is 9.59 Å². The summed E-state index contributed by atoms with van der Waals surface area (Å²) in [5.74, 6) is 0.506. The Bertz CT molecular complexity index is 1020. The summed E-state index contributed by atoms with van der Waals surface area (Å²) >= 11 is 0. The number of benzene rings is 2. The number of rotatable bonds is 9. The number of carbonyl (C=O) groups excluding carboxylic acids is 2. The Balaban J connectivity index is 1.55. The van der Waals surface area contributed by atoms with Crippen LogP contribution in [-0.2, 0) is 11.2 Å². The fourth-order valence-electron chi connectivity index (χ4n) is 2.86. The lowest BCUT2D eigenvalue weighted by atomic mass is 10.1. The van der Waals surface area contributed by atoms with Crippen molar-refractivity contribution in [2.24, 2.45) is 5.10 Å². The number of nitrogens with zero attached hydrogens (tertiary/aromatic N) is 1. The summed E-state index contributed by atoms with van der Waals surface area (Å²) in [6.45, 7) is 5.73. The molecule has 0 spiro atoms. The highest BCUT2D eigenvalue weighted by atomic mass is 16.7. The fourth-order valence-corrected chi connectivity index (χ4v) is 2.86. The van der Waals surface area contributed by atoms with E-state index in [9.17, 15) is 14.7 Å². The molecule has 0 saturated carbocycles. The predicted molar refractivity (Wildman–Crippen MR) is 114 cm³/mol. The first-order valence-electron chi connectivity index (χ1n) is 9.61. The Hall–Kier alpha value is -4.01. The number of allylic oxidation sites excluding steroid dienone is 1. The van der Waals surface area contributed by atoms with Gasteiger partial charge in [-0.15, -0.1) is 6.58 Å². The lowest BCUT2D eigenvalue weighted by molar-refractivity contribution is -0.120. The summed E-state index contributed by atoms with van der Waals surface area (Å²) in [6.07, 6.45) is 3.54. The quantitative estimate of drug-likeness (QED) is 0.322. The average molecular weight is 425 g/mol. The smallest absolute Gasteiger partial charge is 0.259 e. The minimum absolute atomic E-state index is 0.0502. The first-order chi connectivity index (χ1) is 15.0. The average Bonchev–Trinajstić information content (AvgIpc) is 3.23. The SMILES string of the molecule is C=CCc1cc(/C=N/NC(=O)CNC(=O)c2ccc3c(c2)OCO3)cc(OCC)c1O. The summed E-state index contributed by atoms with van der Waals surface area (Å²) in [5, 5.41) is 16.6. The predicted octanol–water partition coefficient (Wildman–Crippen LogP) is 2.13. The van der Waals surface area contributed by atoms with Gasteiger partial charge in [-0.1, -0.05) is 6.08 Å². The van der Waals surface area contributed by atoms with Crippen molar-refractivity contribution >= 4 is 18.0 Å². The molecule has 1 aliphatic rings. The van der Waals surface area contributed by atoms with Crippen molar-refractivity contribution in [3.05, 3.63) is 59.7 Å². The maximum absolute atomic E-state index is 12.2. The monoisotopic (exact) mass is 425 g/mol. The topological polar surface area (TPSA) is 118 Å². The van der Waals surface area contributed by atoms with Crippen LogP contribution in [0.5, 0.6) is 23.0 Å². The molecule has 0 atom stereocenters. The van der Waals surface area contributed by atoms with E-state index in [4.69, 9.17) is 14.2 Å². The maximum Gasteiger partial charge on any atom is 0.259 e. The Morgan fingerprint density at radius 2 is 2.06 bits per heavy atom. The van der Waals surface area contributed by atoms with Crippen LogP contribution in [0.1, 0.15) is 28.4 Å². The van der Waals surface area contributed by atoms with Gasteiger partial charge < -0.3 is 24.6 Å². The third-order valence-corrected chi connectivity index (χ3v) is 4.29. The summed E-state index contributed by atoms with van der Waals surface area (Å²) in [5.41, 5.74) is 3.95. The third kappa shape index (κ3) is 5.53. The molecule has 0 radical (unpaired) electrons. The molecule has 0 aromatic heterocycles. The van der Waals surface area contributed by atoms with Crippen LogP contribution in [0.25, 0.3) is 0 Å². The molecule has 3 rings (SSSR count). The molecule has 2 aromatic carbocycles. The number of carbonyl (C=O) groups is 2. The molecule has 2 aromatic rings. The molecular weight excluding hydrogens is 402 g/mol. The molecule has 31 heavy (non-hydrogen) atoms. The zero-order valence-corrected chi connectivity index (χ0v) is 17.0. The number of fused-ring (bicyclic) bond motifs is 1. The van der Waals surface area contributed by atoms with E-state index in [1.807, 2.05) is 6.92 Å². The van der Waals surface area contributed by atoms with Gasteiger partial charge in [0.1, 0.15) is 0 Å². The van der Waals surface area contributed by atoms with Gasteiger partial charge in [0.2, 0.25) is 6.79 Å².